The highest BCUT2D eigenvalue weighted by Gasteiger charge is 2.19. The third kappa shape index (κ3) is 1.84. The minimum absolute atomic E-state index is 0.116. The SMILES string of the molecule is COc1ccc(S(=O)(=O)F)c(C)c1F. The normalized spacial score (nSPS) is 11.4. The number of methoxy groups -OCH3 is 1. The molecule has 6 heteroatoms. The van der Waals surface area contributed by atoms with Crippen molar-refractivity contribution < 1.29 is 21.4 Å². The zero-order chi connectivity index (χ0) is 10.9. The maximum Gasteiger partial charge on any atom is 0.332 e. The summed E-state index contributed by atoms with van der Waals surface area (Å²) in [7, 11) is -3.64. The first kappa shape index (κ1) is 10.9. The van der Waals surface area contributed by atoms with Crippen LogP contribution in [0.15, 0.2) is 17.0 Å². The highest BCUT2D eigenvalue weighted by atomic mass is 32.3. The second kappa shape index (κ2) is 3.53. The van der Waals surface area contributed by atoms with Crippen LogP contribution in [0, 0.1) is 12.7 Å². The molecule has 3 nitrogen and oxygen atoms in total. The first-order valence-electron chi connectivity index (χ1n) is 3.65. The Morgan fingerprint density at radius 2 is 1.93 bits per heavy atom. The summed E-state index contributed by atoms with van der Waals surface area (Å²) < 4.78 is 51.5. The summed E-state index contributed by atoms with van der Waals surface area (Å²) in [5.74, 6) is -0.985. The quantitative estimate of drug-likeness (QED) is 0.716. The fourth-order valence-corrected chi connectivity index (χ4v) is 1.75. The van der Waals surface area contributed by atoms with Crippen LogP contribution < -0.4 is 4.74 Å². The monoisotopic (exact) mass is 222 g/mol. The van der Waals surface area contributed by atoms with Crippen molar-refractivity contribution in [2.75, 3.05) is 7.11 Å². The average molecular weight is 222 g/mol. The van der Waals surface area contributed by atoms with Gasteiger partial charge in [-0.05, 0) is 19.1 Å². The van der Waals surface area contributed by atoms with Crippen LogP contribution in [-0.4, -0.2) is 15.5 Å². The summed E-state index contributed by atoms with van der Waals surface area (Å²) in [6, 6.07) is 2.03. The molecule has 1 rings (SSSR count). The topological polar surface area (TPSA) is 43.4 Å². The van der Waals surface area contributed by atoms with E-state index in [1.807, 2.05) is 0 Å². The number of rotatable bonds is 2. The lowest BCUT2D eigenvalue weighted by atomic mass is 10.2. The van der Waals surface area contributed by atoms with Gasteiger partial charge in [0, 0.05) is 5.56 Å². The van der Waals surface area contributed by atoms with Gasteiger partial charge >= 0.3 is 10.2 Å². The van der Waals surface area contributed by atoms with Crippen LogP contribution in [0.5, 0.6) is 5.75 Å². The van der Waals surface area contributed by atoms with E-state index in [1.165, 1.54) is 14.0 Å². The number of hydrogen-bond acceptors (Lipinski definition) is 3. The Morgan fingerprint density at radius 3 is 2.36 bits per heavy atom. The fraction of sp³-hybridized carbons (Fsp3) is 0.250. The standard InChI is InChI=1S/C8H8F2O3S/c1-5-7(14(10,11)12)4-3-6(13-2)8(5)9/h3-4H,1-2H3. The molecule has 0 spiro atoms. The lowest BCUT2D eigenvalue weighted by Crippen LogP contribution is -2.00. The molecule has 0 saturated carbocycles. The third-order valence-electron chi connectivity index (χ3n) is 1.78. The summed E-state index contributed by atoms with van der Waals surface area (Å²) in [4.78, 5) is -0.671. The number of halogens is 2. The Labute approximate surface area is 80.5 Å². The van der Waals surface area contributed by atoms with E-state index in [-0.39, 0.29) is 11.3 Å². The maximum atomic E-state index is 13.2. The molecule has 0 atom stereocenters. The zero-order valence-electron chi connectivity index (χ0n) is 7.54. The van der Waals surface area contributed by atoms with Crippen molar-refractivity contribution in [3.63, 3.8) is 0 Å². The Hall–Kier alpha value is -1.17. The van der Waals surface area contributed by atoms with Crippen molar-refractivity contribution in [3.05, 3.63) is 23.5 Å². The van der Waals surface area contributed by atoms with Gasteiger partial charge in [-0.1, -0.05) is 0 Å². The van der Waals surface area contributed by atoms with E-state index in [0.717, 1.165) is 12.1 Å². The summed E-state index contributed by atoms with van der Waals surface area (Å²) in [5, 5.41) is 0. The average Bonchev–Trinajstić information content (AvgIpc) is 2.07. The molecule has 0 fully saturated rings. The molecule has 1 aromatic rings. The molecule has 0 heterocycles. The fourth-order valence-electron chi connectivity index (χ4n) is 1.06. The van der Waals surface area contributed by atoms with Gasteiger partial charge in [-0.25, -0.2) is 4.39 Å². The Bertz CT molecular complexity index is 454. The van der Waals surface area contributed by atoms with E-state index in [1.54, 1.807) is 0 Å². The van der Waals surface area contributed by atoms with E-state index in [2.05, 4.69) is 4.74 Å². The van der Waals surface area contributed by atoms with Crippen molar-refractivity contribution in [2.45, 2.75) is 11.8 Å². The Kier molecular flexibility index (Phi) is 2.75. The van der Waals surface area contributed by atoms with Gasteiger partial charge in [0.2, 0.25) is 0 Å². The first-order chi connectivity index (χ1) is 6.38. The molecule has 0 aliphatic carbocycles. The van der Waals surface area contributed by atoms with Crippen LogP contribution in [0.3, 0.4) is 0 Å². The zero-order valence-corrected chi connectivity index (χ0v) is 8.36. The van der Waals surface area contributed by atoms with E-state index in [9.17, 15) is 16.7 Å². The molecule has 0 aliphatic heterocycles. The molecule has 0 aromatic heterocycles. The van der Waals surface area contributed by atoms with E-state index < -0.39 is 20.9 Å². The molecule has 0 bridgehead atoms. The van der Waals surface area contributed by atoms with E-state index in [0.29, 0.717) is 0 Å². The van der Waals surface area contributed by atoms with Crippen molar-refractivity contribution in [3.8, 4) is 5.75 Å². The van der Waals surface area contributed by atoms with Crippen LogP contribution in [0.1, 0.15) is 5.56 Å². The van der Waals surface area contributed by atoms with Crippen LogP contribution in [0.4, 0.5) is 8.28 Å². The molecule has 78 valence electrons. The lowest BCUT2D eigenvalue weighted by molar-refractivity contribution is 0.383. The molecular formula is C8H8F2O3S. The molecule has 1 aromatic carbocycles. The van der Waals surface area contributed by atoms with Gasteiger partial charge in [-0.2, -0.15) is 8.42 Å². The van der Waals surface area contributed by atoms with Crippen LogP contribution in [0.25, 0.3) is 0 Å². The van der Waals surface area contributed by atoms with Crippen molar-refractivity contribution in [1.82, 2.24) is 0 Å². The predicted molar refractivity (Wildman–Crippen MR) is 46.0 cm³/mol. The number of hydrogen-bond donors (Lipinski definition) is 0. The molecule has 0 aliphatic rings. The third-order valence-corrected chi connectivity index (χ3v) is 2.75. The summed E-state index contributed by atoms with van der Waals surface area (Å²) in [5.41, 5.74) is -0.285. The first-order valence-corrected chi connectivity index (χ1v) is 5.04. The van der Waals surface area contributed by atoms with Crippen LogP contribution in [-0.2, 0) is 10.2 Å². The largest absolute Gasteiger partial charge is 0.494 e. The van der Waals surface area contributed by atoms with Crippen molar-refractivity contribution in [2.24, 2.45) is 0 Å². The molecule has 0 N–H and O–H groups in total. The van der Waals surface area contributed by atoms with Gasteiger partial charge in [0.05, 0.1) is 7.11 Å². The minimum Gasteiger partial charge on any atom is -0.494 e. The number of benzene rings is 1. The summed E-state index contributed by atoms with van der Waals surface area (Å²) in [6.07, 6.45) is 0. The summed E-state index contributed by atoms with van der Waals surface area (Å²) in [6.45, 7) is 1.17. The second-order valence-electron chi connectivity index (χ2n) is 2.64. The molecule has 0 amide bonds. The van der Waals surface area contributed by atoms with Gasteiger partial charge in [0.25, 0.3) is 0 Å². The Balaban J connectivity index is 3.47. The molecular weight excluding hydrogens is 214 g/mol. The second-order valence-corrected chi connectivity index (χ2v) is 3.96. The smallest absolute Gasteiger partial charge is 0.332 e. The molecule has 0 unspecified atom stereocenters. The van der Waals surface area contributed by atoms with Crippen molar-refractivity contribution >= 4 is 10.2 Å². The highest BCUT2D eigenvalue weighted by molar-refractivity contribution is 7.86. The van der Waals surface area contributed by atoms with Gasteiger partial charge in [0.15, 0.2) is 11.6 Å². The lowest BCUT2D eigenvalue weighted by Gasteiger charge is -2.06. The van der Waals surface area contributed by atoms with Gasteiger partial charge in [0.1, 0.15) is 4.90 Å². The molecule has 0 saturated heterocycles. The van der Waals surface area contributed by atoms with Crippen LogP contribution >= 0.6 is 0 Å². The molecule has 14 heavy (non-hydrogen) atoms. The van der Waals surface area contributed by atoms with Gasteiger partial charge < -0.3 is 4.74 Å². The van der Waals surface area contributed by atoms with E-state index in [4.69, 9.17) is 0 Å². The van der Waals surface area contributed by atoms with E-state index >= 15 is 0 Å². The number of ether oxygens (including phenoxy) is 1. The minimum atomic E-state index is -4.88. The molecule has 0 radical (unpaired) electrons. The van der Waals surface area contributed by atoms with Crippen molar-refractivity contribution in [1.29, 1.82) is 0 Å². The van der Waals surface area contributed by atoms with Crippen LogP contribution in [0.2, 0.25) is 0 Å². The highest BCUT2D eigenvalue weighted by Crippen LogP contribution is 2.26. The van der Waals surface area contributed by atoms with Gasteiger partial charge in [-0.15, -0.1) is 3.89 Å². The summed E-state index contributed by atoms with van der Waals surface area (Å²) >= 11 is 0. The Morgan fingerprint density at radius 1 is 1.36 bits per heavy atom. The predicted octanol–water partition coefficient (Wildman–Crippen LogP) is 1.80. The van der Waals surface area contributed by atoms with Gasteiger partial charge in [-0.3, -0.25) is 0 Å². The maximum absolute atomic E-state index is 13.2.